The monoisotopic (exact) mass is 799 g/mol. The number of fused-ring (bicyclic) bond motifs is 2. The molecule has 58 heavy (non-hydrogen) atoms. The number of benzene rings is 1. The molecule has 8 rings (SSSR count). The van der Waals surface area contributed by atoms with Gasteiger partial charge in [-0.25, -0.2) is 9.51 Å². The van der Waals surface area contributed by atoms with Gasteiger partial charge in [0.25, 0.3) is 11.8 Å². The average molecular weight is 800 g/mol. The molecule has 1 aliphatic carbocycles. The number of pyridine rings is 1. The van der Waals surface area contributed by atoms with Gasteiger partial charge in [0, 0.05) is 49.2 Å². The number of rotatable bonds is 12. The number of hydrogen-bond donors (Lipinski definition) is 3. The van der Waals surface area contributed by atoms with Gasteiger partial charge in [-0.15, -0.1) is 10.2 Å². The Balaban J connectivity index is 0.777. The molecule has 1 unspecified atom stereocenters. The Morgan fingerprint density at radius 3 is 2.60 bits per heavy atom. The van der Waals surface area contributed by atoms with Crippen LogP contribution in [0, 0.1) is 11.3 Å². The highest BCUT2D eigenvalue weighted by atomic mass is 32.1. The van der Waals surface area contributed by atoms with Crippen LogP contribution in [0.5, 0.6) is 0 Å². The summed E-state index contributed by atoms with van der Waals surface area (Å²) in [4.78, 5) is 72.4. The molecule has 5 aromatic rings. The Bertz CT molecular complexity index is 2550. The first-order valence-electron chi connectivity index (χ1n) is 18.9. The SMILES string of the molecule is CNc1cc(-c2ccc3cc(C#N)cnn23)ncc1-c1nnc(C2CCC(=NC(=O)CCOCCNc3ccc4c(c3)C(=O)N(C3CCC(=O)NC3=O)C4=O)CC2)s1. The number of aliphatic imine (C=N–C) groups is 1. The zero-order valence-corrected chi connectivity index (χ0v) is 32.2. The van der Waals surface area contributed by atoms with E-state index < -0.39 is 29.7 Å². The van der Waals surface area contributed by atoms with Crippen molar-refractivity contribution in [2.24, 2.45) is 4.99 Å². The van der Waals surface area contributed by atoms with E-state index in [9.17, 15) is 29.2 Å². The molecule has 5 amide bonds. The van der Waals surface area contributed by atoms with Gasteiger partial charge < -0.3 is 15.4 Å². The second-order valence-electron chi connectivity index (χ2n) is 14.1. The van der Waals surface area contributed by atoms with Gasteiger partial charge >= 0.3 is 0 Å². The van der Waals surface area contributed by atoms with E-state index in [1.807, 2.05) is 25.2 Å². The highest BCUT2D eigenvalue weighted by Crippen LogP contribution is 2.38. The van der Waals surface area contributed by atoms with Crippen LogP contribution in [-0.2, 0) is 19.1 Å². The van der Waals surface area contributed by atoms with Crippen molar-refractivity contribution in [3.8, 4) is 28.0 Å². The molecule has 2 aliphatic heterocycles. The average Bonchev–Trinajstić information content (AvgIpc) is 3.96. The number of amides is 5. The van der Waals surface area contributed by atoms with Gasteiger partial charge in [0.1, 0.15) is 17.1 Å². The Labute approximate surface area is 335 Å². The van der Waals surface area contributed by atoms with Crippen LogP contribution in [0.15, 0.2) is 59.9 Å². The molecule has 6 heterocycles. The van der Waals surface area contributed by atoms with E-state index in [-0.39, 0.29) is 48.8 Å². The van der Waals surface area contributed by atoms with Crippen molar-refractivity contribution >= 4 is 63.5 Å². The van der Waals surface area contributed by atoms with Crippen LogP contribution in [0.4, 0.5) is 11.4 Å². The quantitative estimate of drug-likeness (QED) is 0.118. The van der Waals surface area contributed by atoms with E-state index >= 15 is 0 Å². The molecule has 1 saturated carbocycles. The lowest BCUT2D eigenvalue weighted by Gasteiger charge is -2.27. The van der Waals surface area contributed by atoms with Crippen LogP contribution in [0.25, 0.3) is 27.5 Å². The van der Waals surface area contributed by atoms with Crippen molar-refractivity contribution in [1.82, 2.24) is 35.0 Å². The maximum absolute atomic E-state index is 13.1. The van der Waals surface area contributed by atoms with Gasteiger partial charge in [0.2, 0.25) is 17.7 Å². The fourth-order valence-electron chi connectivity index (χ4n) is 7.39. The number of nitriles is 1. The highest BCUT2D eigenvalue weighted by Gasteiger charge is 2.44. The number of imide groups is 2. The number of piperidine rings is 1. The molecule has 0 bridgehead atoms. The normalized spacial score (nSPS) is 17.9. The first kappa shape index (κ1) is 38.2. The van der Waals surface area contributed by atoms with Gasteiger partial charge in [0.15, 0.2) is 5.01 Å². The van der Waals surface area contributed by atoms with Crippen molar-refractivity contribution in [3.05, 3.63) is 76.6 Å². The molecule has 1 saturated heterocycles. The third kappa shape index (κ3) is 7.69. The standard InChI is InChI=1S/C40H37N11O6S/c1-42-30-18-31(32-9-7-26-16-22(19-41)20-45-51(26)32)44-21-29(30)38-49-48-37(58-38)23-2-4-24(5-3-23)46-35(53)12-14-57-15-13-43-25-6-8-27-28(17-25)40(56)50(39(27)55)33-10-11-34(52)47-36(33)54/h6-9,16-18,20-21,23,33,43H,2-5,10-15H2,1H3,(H,42,44)(H,47,52,54). The minimum Gasteiger partial charge on any atom is -0.387 e. The molecular formula is C40H37N11O6S. The van der Waals surface area contributed by atoms with Crippen LogP contribution in [0.3, 0.4) is 0 Å². The summed E-state index contributed by atoms with van der Waals surface area (Å²) < 4.78 is 7.41. The van der Waals surface area contributed by atoms with Crippen molar-refractivity contribution < 1.29 is 28.7 Å². The van der Waals surface area contributed by atoms with Crippen LogP contribution in [0.1, 0.15) is 82.2 Å². The number of hydrogen-bond acceptors (Lipinski definition) is 14. The number of nitrogens with one attached hydrogen (secondary N) is 3. The van der Waals surface area contributed by atoms with Crippen LogP contribution in [-0.4, -0.2) is 97.8 Å². The summed E-state index contributed by atoms with van der Waals surface area (Å²) in [7, 11) is 1.85. The summed E-state index contributed by atoms with van der Waals surface area (Å²) in [5.74, 6) is -2.22. The second-order valence-corrected chi connectivity index (χ2v) is 15.1. The predicted molar refractivity (Wildman–Crippen MR) is 212 cm³/mol. The Morgan fingerprint density at radius 2 is 1.81 bits per heavy atom. The zero-order valence-electron chi connectivity index (χ0n) is 31.4. The minimum atomic E-state index is -1.02. The summed E-state index contributed by atoms with van der Waals surface area (Å²) >= 11 is 1.54. The lowest BCUT2D eigenvalue weighted by Crippen LogP contribution is -2.54. The fourth-order valence-corrected chi connectivity index (χ4v) is 8.42. The lowest BCUT2D eigenvalue weighted by molar-refractivity contribution is -0.136. The summed E-state index contributed by atoms with van der Waals surface area (Å²) in [6.07, 6.45) is 6.65. The van der Waals surface area contributed by atoms with Crippen molar-refractivity contribution in [1.29, 1.82) is 5.26 Å². The number of anilines is 2. The van der Waals surface area contributed by atoms with E-state index in [2.05, 4.69) is 42.3 Å². The van der Waals surface area contributed by atoms with Gasteiger partial charge in [-0.1, -0.05) is 11.3 Å². The summed E-state index contributed by atoms with van der Waals surface area (Å²) in [5, 5.41) is 33.0. The van der Waals surface area contributed by atoms with Crippen LogP contribution in [0.2, 0.25) is 0 Å². The van der Waals surface area contributed by atoms with Crippen molar-refractivity contribution in [3.63, 3.8) is 0 Å². The van der Waals surface area contributed by atoms with Gasteiger partial charge in [-0.3, -0.25) is 39.2 Å². The lowest BCUT2D eigenvalue weighted by atomic mass is 9.88. The maximum Gasteiger partial charge on any atom is 0.262 e. The fraction of sp³-hybridized carbons (Fsp3) is 0.325. The van der Waals surface area contributed by atoms with Crippen molar-refractivity contribution in [2.45, 2.75) is 56.9 Å². The van der Waals surface area contributed by atoms with E-state index in [4.69, 9.17) is 9.72 Å². The topological polar surface area (TPSA) is 226 Å². The molecule has 0 radical (unpaired) electrons. The summed E-state index contributed by atoms with van der Waals surface area (Å²) in [5.41, 5.74) is 6.39. The van der Waals surface area contributed by atoms with E-state index in [1.165, 1.54) is 6.20 Å². The highest BCUT2D eigenvalue weighted by molar-refractivity contribution is 7.14. The number of ether oxygens (including phenoxy) is 1. The van der Waals surface area contributed by atoms with E-state index in [1.54, 1.807) is 46.3 Å². The molecule has 2 fully saturated rings. The number of carbonyl (C=O) groups is 5. The molecule has 3 aliphatic rings. The minimum absolute atomic E-state index is 0.0557. The molecule has 17 nitrogen and oxygen atoms in total. The van der Waals surface area contributed by atoms with E-state index in [0.29, 0.717) is 37.2 Å². The Morgan fingerprint density at radius 1 is 0.983 bits per heavy atom. The molecule has 1 aromatic carbocycles. The van der Waals surface area contributed by atoms with Crippen LogP contribution >= 0.6 is 11.3 Å². The molecule has 1 atom stereocenters. The molecule has 294 valence electrons. The predicted octanol–water partition coefficient (Wildman–Crippen LogP) is 4.37. The van der Waals surface area contributed by atoms with Crippen molar-refractivity contribution in [2.75, 3.05) is 37.4 Å². The molecule has 3 N–H and O–H groups in total. The van der Waals surface area contributed by atoms with Gasteiger partial charge in [-0.05, 0) is 74.6 Å². The largest absolute Gasteiger partial charge is 0.387 e. The molecule has 18 heteroatoms. The molecule has 0 spiro atoms. The number of aromatic nitrogens is 5. The number of carbonyl (C=O) groups excluding carboxylic acids is 5. The maximum atomic E-state index is 13.1. The smallest absolute Gasteiger partial charge is 0.262 e. The third-order valence-corrected chi connectivity index (χ3v) is 11.5. The van der Waals surface area contributed by atoms with Gasteiger partial charge in [0.05, 0.1) is 65.0 Å². The van der Waals surface area contributed by atoms with Crippen LogP contribution < -0.4 is 16.0 Å². The Hall–Kier alpha value is -6.71. The van der Waals surface area contributed by atoms with E-state index in [0.717, 1.165) is 61.6 Å². The molecule has 4 aromatic heterocycles. The zero-order chi connectivity index (χ0) is 40.3. The number of nitrogens with zero attached hydrogens (tertiary/aromatic N) is 8. The first-order chi connectivity index (χ1) is 28.2. The Kier molecular flexibility index (Phi) is 10.8. The van der Waals surface area contributed by atoms with Gasteiger partial charge in [-0.2, -0.15) is 10.4 Å². The third-order valence-electron chi connectivity index (χ3n) is 10.4. The summed E-state index contributed by atoms with van der Waals surface area (Å²) in [6, 6.07) is 13.4. The molecular weight excluding hydrogens is 763 g/mol. The second kappa shape index (κ2) is 16.4. The summed E-state index contributed by atoms with van der Waals surface area (Å²) in [6.45, 7) is 0.894. The first-order valence-corrected chi connectivity index (χ1v) is 19.7.